The molecule has 0 radical (unpaired) electrons. The molecule has 6 heteroatoms. The van der Waals surface area contributed by atoms with Crippen molar-refractivity contribution in [3.8, 4) is 0 Å². The molecule has 3 aliphatic heterocycles. The van der Waals surface area contributed by atoms with Gasteiger partial charge in [-0.05, 0) is 88.2 Å². The first kappa shape index (κ1) is 26.3. The SMILES string of the molecule is O=C1C(=CC2CCC(C3CCCCC3)CC2)OC2C1CCC(O)C2CN1CCN(C2CCCCN2)CC1. The van der Waals surface area contributed by atoms with Crippen LogP contribution in [0.15, 0.2) is 11.8 Å². The number of ketones is 1. The van der Waals surface area contributed by atoms with Crippen molar-refractivity contribution >= 4 is 5.78 Å². The van der Waals surface area contributed by atoms with Crippen molar-refractivity contribution in [2.75, 3.05) is 39.3 Å². The third-order valence-electron chi connectivity index (χ3n) is 11.0. The lowest BCUT2D eigenvalue weighted by Gasteiger charge is -2.43. The lowest BCUT2D eigenvalue weighted by atomic mass is 9.71. The molecule has 0 aromatic carbocycles. The normalized spacial score (nSPS) is 42.0. The summed E-state index contributed by atoms with van der Waals surface area (Å²) < 4.78 is 6.47. The number of nitrogens with zero attached hydrogens (tertiary/aromatic N) is 2. The minimum Gasteiger partial charge on any atom is -0.486 e. The van der Waals surface area contributed by atoms with Crippen molar-refractivity contribution in [3.63, 3.8) is 0 Å². The summed E-state index contributed by atoms with van der Waals surface area (Å²) in [5.74, 6) is 3.21. The molecular formula is C31H51N3O3. The summed E-state index contributed by atoms with van der Waals surface area (Å²) in [6.07, 6.45) is 19.9. The fourth-order valence-corrected chi connectivity index (χ4v) is 8.73. The van der Waals surface area contributed by atoms with Crippen LogP contribution in [0.2, 0.25) is 0 Å². The molecule has 0 spiro atoms. The van der Waals surface area contributed by atoms with E-state index >= 15 is 0 Å². The Morgan fingerprint density at radius 3 is 2.30 bits per heavy atom. The minimum absolute atomic E-state index is 0.0370. The number of aliphatic hydroxyl groups is 1. The highest BCUT2D eigenvalue weighted by molar-refractivity contribution is 5.97. The van der Waals surface area contributed by atoms with E-state index in [-0.39, 0.29) is 29.8 Å². The second-order valence-corrected chi connectivity index (χ2v) is 13.3. The first-order valence-electron chi connectivity index (χ1n) is 16.0. The Hall–Kier alpha value is -0.950. The van der Waals surface area contributed by atoms with Gasteiger partial charge in [-0.15, -0.1) is 0 Å². The molecule has 6 rings (SSSR count). The molecule has 3 saturated heterocycles. The van der Waals surface area contributed by atoms with E-state index in [1.54, 1.807) is 0 Å². The lowest BCUT2D eigenvalue weighted by molar-refractivity contribution is -0.120. The zero-order valence-corrected chi connectivity index (χ0v) is 23.0. The maximum Gasteiger partial charge on any atom is 0.203 e. The van der Waals surface area contributed by atoms with Gasteiger partial charge in [0.2, 0.25) is 5.78 Å². The standard InChI is InChI=1S/C31H51N3O3/c35-27-14-13-25-30(36)28(20-22-9-11-24(12-10-22)23-6-2-1-3-7-23)37-31(25)26(27)21-33-16-18-34(19-17-33)29-8-4-5-15-32-29/h20,22-27,29,31-32,35H,1-19,21H2. The number of hydrogen-bond donors (Lipinski definition) is 2. The monoisotopic (exact) mass is 513 g/mol. The number of carbonyl (C=O) groups is 1. The number of carbonyl (C=O) groups excluding carboxylic acids is 1. The molecule has 6 aliphatic rings. The van der Waals surface area contributed by atoms with Gasteiger partial charge in [0.05, 0.1) is 18.2 Å². The summed E-state index contributed by atoms with van der Waals surface area (Å²) in [5, 5.41) is 14.7. The van der Waals surface area contributed by atoms with Crippen LogP contribution in [0.1, 0.15) is 89.9 Å². The summed E-state index contributed by atoms with van der Waals surface area (Å²) in [5.41, 5.74) is 0. The smallest absolute Gasteiger partial charge is 0.203 e. The lowest BCUT2D eigenvalue weighted by Crippen LogP contribution is -2.57. The second kappa shape index (κ2) is 12.1. The zero-order chi connectivity index (χ0) is 25.2. The van der Waals surface area contributed by atoms with E-state index in [0.29, 0.717) is 17.8 Å². The van der Waals surface area contributed by atoms with E-state index in [1.807, 2.05) is 0 Å². The Kier molecular flexibility index (Phi) is 8.57. The summed E-state index contributed by atoms with van der Waals surface area (Å²) in [7, 11) is 0. The van der Waals surface area contributed by atoms with E-state index < -0.39 is 0 Å². The van der Waals surface area contributed by atoms with Gasteiger partial charge in [0, 0.05) is 38.6 Å². The number of hydrogen-bond acceptors (Lipinski definition) is 6. The molecule has 2 N–H and O–H groups in total. The number of aliphatic hydroxyl groups excluding tert-OH is 1. The number of allylic oxidation sites excluding steroid dienone is 2. The zero-order valence-electron chi connectivity index (χ0n) is 23.0. The molecule has 5 unspecified atom stereocenters. The molecule has 208 valence electrons. The van der Waals surface area contributed by atoms with Gasteiger partial charge in [-0.2, -0.15) is 0 Å². The van der Waals surface area contributed by atoms with Crippen LogP contribution in [-0.4, -0.2) is 78.3 Å². The average Bonchev–Trinajstić information content (AvgIpc) is 3.27. The van der Waals surface area contributed by atoms with Crippen LogP contribution in [0.5, 0.6) is 0 Å². The van der Waals surface area contributed by atoms with Crippen molar-refractivity contribution < 1.29 is 14.6 Å². The largest absolute Gasteiger partial charge is 0.486 e. The van der Waals surface area contributed by atoms with Crippen LogP contribution in [0, 0.1) is 29.6 Å². The molecule has 3 aliphatic carbocycles. The van der Waals surface area contributed by atoms with Crippen LogP contribution >= 0.6 is 0 Å². The fraction of sp³-hybridized carbons (Fsp3) is 0.903. The first-order chi connectivity index (χ1) is 18.2. The summed E-state index contributed by atoms with van der Waals surface area (Å²) in [4.78, 5) is 18.5. The molecular weight excluding hydrogens is 462 g/mol. The van der Waals surface area contributed by atoms with Crippen LogP contribution in [-0.2, 0) is 9.53 Å². The summed E-state index contributed by atoms with van der Waals surface area (Å²) >= 11 is 0. The maximum atomic E-state index is 13.4. The molecule has 0 bridgehead atoms. The Morgan fingerprint density at radius 2 is 1.57 bits per heavy atom. The highest BCUT2D eigenvalue weighted by atomic mass is 16.5. The number of rotatable bonds is 5. The Labute approximate surface area is 224 Å². The van der Waals surface area contributed by atoms with Crippen molar-refractivity contribution in [1.82, 2.24) is 15.1 Å². The Balaban J connectivity index is 1.03. The predicted molar refractivity (Wildman–Crippen MR) is 146 cm³/mol. The number of nitrogens with one attached hydrogen (secondary N) is 1. The van der Waals surface area contributed by atoms with Crippen LogP contribution in [0.4, 0.5) is 0 Å². The van der Waals surface area contributed by atoms with Crippen molar-refractivity contribution in [2.24, 2.45) is 29.6 Å². The molecule has 0 amide bonds. The Bertz CT molecular complexity index is 790. The number of piperidine rings is 1. The van der Waals surface area contributed by atoms with Crippen LogP contribution in [0.25, 0.3) is 0 Å². The molecule has 3 saturated carbocycles. The van der Waals surface area contributed by atoms with Crippen molar-refractivity contribution in [2.45, 2.75) is 108 Å². The molecule has 6 fully saturated rings. The van der Waals surface area contributed by atoms with Gasteiger partial charge in [0.15, 0.2) is 5.76 Å². The molecule has 5 atom stereocenters. The second-order valence-electron chi connectivity index (χ2n) is 13.3. The molecule has 0 aromatic heterocycles. The third kappa shape index (κ3) is 5.97. The van der Waals surface area contributed by atoms with Gasteiger partial charge in [0.1, 0.15) is 6.10 Å². The van der Waals surface area contributed by atoms with E-state index in [4.69, 9.17) is 4.74 Å². The van der Waals surface area contributed by atoms with E-state index in [9.17, 15) is 9.90 Å². The summed E-state index contributed by atoms with van der Waals surface area (Å²) in [6, 6.07) is 0. The topological polar surface area (TPSA) is 65.0 Å². The molecule has 0 aromatic rings. The van der Waals surface area contributed by atoms with E-state index in [1.165, 1.54) is 77.0 Å². The first-order valence-corrected chi connectivity index (χ1v) is 16.0. The van der Waals surface area contributed by atoms with Gasteiger partial charge >= 0.3 is 0 Å². The predicted octanol–water partition coefficient (Wildman–Crippen LogP) is 4.33. The maximum absolute atomic E-state index is 13.4. The van der Waals surface area contributed by atoms with Gasteiger partial charge in [-0.3, -0.25) is 9.69 Å². The summed E-state index contributed by atoms with van der Waals surface area (Å²) in [6.45, 7) is 6.25. The minimum atomic E-state index is -0.364. The number of ether oxygens (including phenoxy) is 1. The molecule has 6 nitrogen and oxygen atoms in total. The molecule has 37 heavy (non-hydrogen) atoms. The quantitative estimate of drug-likeness (QED) is 0.534. The third-order valence-corrected chi connectivity index (χ3v) is 11.0. The fourth-order valence-electron chi connectivity index (χ4n) is 8.73. The average molecular weight is 514 g/mol. The van der Waals surface area contributed by atoms with Crippen LogP contribution in [0.3, 0.4) is 0 Å². The van der Waals surface area contributed by atoms with Gasteiger partial charge in [-0.25, -0.2) is 0 Å². The number of piperazine rings is 1. The van der Waals surface area contributed by atoms with Crippen LogP contribution < -0.4 is 5.32 Å². The van der Waals surface area contributed by atoms with Crippen molar-refractivity contribution in [3.05, 3.63) is 11.8 Å². The van der Waals surface area contributed by atoms with Gasteiger partial charge < -0.3 is 20.1 Å². The van der Waals surface area contributed by atoms with Crippen molar-refractivity contribution in [1.29, 1.82) is 0 Å². The highest BCUT2D eigenvalue weighted by Crippen LogP contribution is 2.44. The van der Waals surface area contributed by atoms with E-state index in [2.05, 4.69) is 21.2 Å². The number of Topliss-reactive ketones (excluding diaryl/α,β-unsaturated/α-hetero) is 1. The van der Waals surface area contributed by atoms with Gasteiger partial charge in [0.25, 0.3) is 0 Å². The number of fused-ring (bicyclic) bond motifs is 1. The van der Waals surface area contributed by atoms with Gasteiger partial charge in [-0.1, -0.05) is 32.1 Å². The highest BCUT2D eigenvalue weighted by Gasteiger charge is 2.50. The van der Waals surface area contributed by atoms with E-state index in [0.717, 1.165) is 63.9 Å². The molecule has 3 heterocycles. The Morgan fingerprint density at radius 1 is 0.838 bits per heavy atom.